The fourth-order valence-electron chi connectivity index (χ4n) is 2.76. The summed E-state index contributed by atoms with van der Waals surface area (Å²) in [6.07, 6.45) is 1.95. The normalized spacial score (nSPS) is 18.2. The molecule has 24 heavy (non-hydrogen) atoms. The minimum Gasteiger partial charge on any atom is -0.339 e. The summed E-state index contributed by atoms with van der Waals surface area (Å²) in [4.78, 5) is 29.6. The Labute approximate surface area is 150 Å². The molecule has 0 spiro atoms. The first-order valence-corrected chi connectivity index (χ1v) is 9.81. The molecular formula is C19H41N3O2. The van der Waals surface area contributed by atoms with Crippen LogP contribution in [0.5, 0.6) is 0 Å². The standard InChI is InChI=1S/C13H23N3O2.3C2H6/c1-11(17)15-7-9-16(10-8-15)13(18)12-3-5-14(2)6-4-12;3*1-2/h12H,3-10H2,1-2H3;3*1-2H3. The van der Waals surface area contributed by atoms with E-state index in [1.807, 2.05) is 51.3 Å². The largest absolute Gasteiger partial charge is 0.339 e. The molecule has 0 aliphatic carbocycles. The first kappa shape index (κ1) is 25.1. The van der Waals surface area contributed by atoms with Gasteiger partial charge in [-0.3, -0.25) is 9.59 Å². The van der Waals surface area contributed by atoms with Crippen molar-refractivity contribution in [3.63, 3.8) is 0 Å². The lowest BCUT2D eigenvalue weighted by molar-refractivity contribution is -0.142. The first-order chi connectivity index (χ1) is 11.6. The summed E-state index contributed by atoms with van der Waals surface area (Å²) in [6, 6.07) is 0. The smallest absolute Gasteiger partial charge is 0.225 e. The quantitative estimate of drug-likeness (QED) is 0.735. The number of carbonyl (C=O) groups is 2. The van der Waals surface area contributed by atoms with E-state index in [0.717, 1.165) is 25.9 Å². The number of hydrogen-bond acceptors (Lipinski definition) is 3. The predicted octanol–water partition coefficient (Wildman–Crippen LogP) is 3.10. The fraction of sp³-hybridized carbons (Fsp3) is 0.895. The molecule has 0 aromatic heterocycles. The van der Waals surface area contributed by atoms with Crippen molar-refractivity contribution in [1.82, 2.24) is 14.7 Å². The molecule has 0 bridgehead atoms. The second-order valence-corrected chi connectivity index (χ2v) is 5.41. The number of amides is 2. The van der Waals surface area contributed by atoms with Crippen molar-refractivity contribution >= 4 is 11.8 Å². The highest BCUT2D eigenvalue weighted by Crippen LogP contribution is 2.19. The highest BCUT2D eigenvalue weighted by molar-refractivity contribution is 5.79. The Morgan fingerprint density at radius 2 is 1.08 bits per heavy atom. The Morgan fingerprint density at radius 3 is 1.46 bits per heavy atom. The Balaban J connectivity index is 0. The molecule has 5 nitrogen and oxygen atoms in total. The molecular weight excluding hydrogens is 302 g/mol. The Morgan fingerprint density at radius 1 is 0.708 bits per heavy atom. The van der Waals surface area contributed by atoms with Gasteiger partial charge >= 0.3 is 0 Å². The number of piperazine rings is 1. The van der Waals surface area contributed by atoms with E-state index in [4.69, 9.17) is 0 Å². The molecule has 2 aliphatic rings. The topological polar surface area (TPSA) is 43.9 Å². The van der Waals surface area contributed by atoms with E-state index in [2.05, 4.69) is 11.9 Å². The van der Waals surface area contributed by atoms with Crippen molar-refractivity contribution in [3.8, 4) is 0 Å². The van der Waals surface area contributed by atoms with E-state index < -0.39 is 0 Å². The van der Waals surface area contributed by atoms with E-state index in [1.54, 1.807) is 6.92 Å². The summed E-state index contributed by atoms with van der Waals surface area (Å²) in [5, 5.41) is 0. The fourth-order valence-corrected chi connectivity index (χ4v) is 2.76. The van der Waals surface area contributed by atoms with Gasteiger partial charge in [-0.1, -0.05) is 41.5 Å². The molecule has 2 saturated heterocycles. The number of carbonyl (C=O) groups excluding carboxylic acids is 2. The van der Waals surface area contributed by atoms with Crippen LogP contribution < -0.4 is 0 Å². The van der Waals surface area contributed by atoms with Gasteiger partial charge in [0.1, 0.15) is 0 Å². The van der Waals surface area contributed by atoms with Gasteiger partial charge < -0.3 is 14.7 Å². The van der Waals surface area contributed by atoms with Crippen LogP contribution >= 0.6 is 0 Å². The summed E-state index contributed by atoms with van der Waals surface area (Å²) in [5.41, 5.74) is 0. The van der Waals surface area contributed by atoms with Crippen molar-refractivity contribution in [2.45, 2.75) is 61.3 Å². The molecule has 2 amide bonds. The maximum atomic E-state index is 12.3. The molecule has 0 aromatic rings. The monoisotopic (exact) mass is 343 g/mol. The molecule has 5 heteroatoms. The lowest BCUT2D eigenvalue weighted by Crippen LogP contribution is -2.52. The van der Waals surface area contributed by atoms with Gasteiger partial charge in [-0.15, -0.1) is 0 Å². The maximum absolute atomic E-state index is 12.3. The zero-order valence-corrected chi connectivity index (χ0v) is 17.4. The minimum absolute atomic E-state index is 0.112. The van der Waals surface area contributed by atoms with Gasteiger partial charge in [0.05, 0.1) is 0 Å². The zero-order valence-electron chi connectivity index (χ0n) is 17.4. The van der Waals surface area contributed by atoms with Gasteiger partial charge in [0.2, 0.25) is 11.8 Å². The summed E-state index contributed by atoms with van der Waals surface area (Å²) in [6.45, 7) is 18.4. The summed E-state index contributed by atoms with van der Waals surface area (Å²) in [5.74, 6) is 0.609. The minimum atomic E-state index is 0.112. The van der Waals surface area contributed by atoms with Crippen LogP contribution in [0.4, 0.5) is 0 Å². The maximum Gasteiger partial charge on any atom is 0.225 e. The van der Waals surface area contributed by atoms with Crippen molar-refractivity contribution in [3.05, 3.63) is 0 Å². The van der Waals surface area contributed by atoms with Crippen LogP contribution in [0.25, 0.3) is 0 Å². The molecule has 0 radical (unpaired) electrons. The molecule has 2 aliphatic heterocycles. The molecule has 0 atom stereocenters. The molecule has 2 rings (SSSR count). The van der Waals surface area contributed by atoms with Crippen LogP contribution in [0.2, 0.25) is 0 Å². The number of nitrogens with zero attached hydrogens (tertiary/aromatic N) is 3. The van der Waals surface area contributed by atoms with Gasteiger partial charge in [-0.05, 0) is 33.0 Å². The third-order valence-corrected chi connectivity index (χ3v) is 4.10. The second-order valence-electron chi connectivity index (χ2n) is 5.41. The SMILES string of the molecule is CC.CC.CC.CC(=O)N1CCN(C(=O)C2CCN(C)CC2)CC1. The van der Waals surface area contributed by atoms with Crippen molar-refractivity contribution in [2.75, 3.05) is 46.3 Å². The Hall–Kier alpha value is -1.10. The van der Waals surface area contributed by atoms with Gasteiger partial charge in [-0.25, -0.2) is 0 Å². The van der Waals surface area contributed by atoms with Crippen LogP contribution in [0.3, 0.4) is 0 Å². The van der Waals surface area contributed by atoms with Gasteiger partial charge in [0, 0.05) is 39.0 Å². The van der Waals surface area contributed by atoms with Crippen molar-refractivity contribution < 1.29 is 9.59 Å². The number of rotatable bonds is 1. The highest BCUT2D eigenvalue weighted by atomic mass is 16.2. The first-order valence-electron chi connectivity index (χ1n) is 9.81. The van der Waals surface area contributed by atoms with Crippen LogP contribution in [0.15, 0.2) is 0 Å². The Kier molecular flexibility index (Phi) is 16.2. The average Bonchev–Trinajstić information content (AvgIpc) is 2.67. The van der Waals surface area contributed by atoms with Crippen molar-refractivity contribution in [2.24, 2.45) is 5.92 Å². The Bertz CT molecular complexity index is 319. The van der Waals surface area contributed by atoms with Crippen molar-refractivity contribution in [1.29, 1.82) is 0 Å². The molecule has 0 saturated carbocycles. The summed E-state index contributed by atoms with van der Waals surface area (Å²) < 4.78 is 0. The molecule has 2 heterocycles. The molecule has 0 aromatic carbocycles. The van der Waals surface area contributed by atoms with Crippen LogP contribution in [-0.2, 0) is 9.59 Å². The van der Waals surface area contributed by atoms with Gasteiger partial charge in [0.15, 0.2) is 0 Å². The van der Waals surface area contributed by atoms with E-state index in [-0.39, 0.29) is 11.8 Å². The second kappa shape index (κ2) is 15.4. The van der Waals surface area contributed by atoms with Crippen LogP contribution in [0.1, 0.15) is 61.3 Å². The van der Waals surface area contributed by atoms with Gasteiger partial charge in [0.25, 0.3) is 0 Å². The van der Waals surface area contributed by atoms with E-state index in [1.165, 1.54) is 0 Å². The molecule has 144 valence electrons. The predicted molar refractivity (Wildman–Crippen MR) is 103 cm³/mol. The van der Waals surface area contributed by atoms with Crippen LogP contribution in [0, 0.1) is 5.92 Å². The number of piperidine rings is 1. The molecule has 2 fully saturated rings. The summed E-state index contributed by atoms with van der Waals surface area (Å²) >= 11 is 0. The molecule has 0 N–H and O–H groups in total. The van der Waals surface area contributed by atoms with E-state index in [0.29, 0.717) is 32.1 Å². The zero-order chi connectivity index (χ0) is 19.1. The number of likely N-dealkylation sites (tertiary alicyclic amines) is 1. The third kappa shape index (κ3) is 8.67. The lowest BCUT2D eigenvalue weighted by Gasteiger charge is -2.37. The highest BCUT2D eigenvalue weighted by Gasteiger charge is 2.29. The average molecular weight is 344 g/mol. The van der Waals surface area contributed by atoms with E-state index in [9.17, 15) is 9.59 Å². The van der Waals surface area contributed by atoms with Gasteiger partial charge in [-0.2, -0.15) is 0 Å². The number of hydrogen-bond donors (Lipinski definition) is 0. The summed E-state index contributed by atoms with van der Waals surface area (Å²) in [7, 11) is 2.10. The van der Waals surface area contributed by atoms with E-state index >= 15 is 0 Å². The van der Waals surface area contributed by atoms with Crippen LogP contribution in [-0.4, -0.2) is 72.8 Å². The molecule has 0 unspecified atom stereocenters. The third-order valence-electron chi connectivity index (χ3n) is 4.10. The lowest BCUT2D eigenvalue weighted by atomic mass is 9.95.